The predicted octanol–water partition coefficient (Wildman–Crippen LogP) is 3.26. The third-order valence-electron chi connectivity index (χ3n) is 2.08. The van der Waals surface area contributed by atoms with Crippen LogP contribution in [0.3, 0.4) is 0 Å². The molecule has 0 heterocycles. The molecule has 1 aromatic carbocycles. The van der Waals surface area contributed by atoms with Crippen LogP contribution in [0.15, 0.2) is 24.3 Å². The van der Waals surface area contributed by atoms with Gasteiger partial charge in [0, 0.05) is 0 Å². The second kappa shape index (κ2) is 8.51. The number of rotatable bonds is 5. The molecule has 0 unspecified atom stereocenters. The van der Waals surface area contributed by atoms with Gasteiger partial charge in [0.15, 0.2) is 0 Å². The van der Waals surface area contributed by atoms with Gasteiger partial charge in [0.25, 0.3) is 0 Å². The Balaban J connectivity index is 2.17. The van der Waals surface area contributed by atoms with Crippen molar-refractivity contribution in [2.24, 2.45) is 0 Å². The Labute approximate surface area is 109 Å². The molecular formula is C14H18OTe. The summed E-state index contributed by atoms with van der Waals surface area (Å²) >= 11 is -0.0745. The Kier molecular flexibility index (Phi) is 7.15. The molecule has 0 amide bonds. The van der Waals surface area contributed by atoms with Crippen molar-refractivity contribution < 1.29 is 4.74 Å². The SMILES string of the molecule is CCCC[Te]C#CCOc1ccc(C)cc1. The molecule has 0 atom stereocenters. The Bertz CT molecular complexity index is 345. The summed E-state index contributed by atoms with van der Waals surface area (Å²) < 4.78 is 10.1. The number of aryl methyl sites for hydroxylation is 1. The van der Waals surface area contributed by atoms with Crippen molar-refractivity contribution in [1.82, 2.24) is 0 Å². The maximum absolute atomic E-state index is 5.51. The molecule has 2 heteroatoms. The van der Waals surface area contributed by atoms with E-state index in [0.717, 1.165) is 5.75 Å². The third kappa shape index (κ3) is 6.06. The average Bonchev–Trinajstić information content (AvgIpc) is 2.30. The van der Waals surface area contributed by atoms with Crippen molar-refractivity contribution in [2.75, 3.05) is 6.61 Å². The van der Waals surface area contributed by atoms with Crippen molar-refractivity contribution in [3.05, 3.63) is 29.8 Å². The van der Waals surface area contributed by atoms with E-state index in [1.807, 2.05) is 12.1 Å². The molecule has 0 aliphatic carbocycles. The van der Waals surface area contributed by atoms with E-state index in [4.69, 9.17) is 4.74 Å². The van der Waals surface area contributed by atoms with Gasteiger partial charge in [-0.25, -0.2) is 0 Å². The summed E-state index contributed by atoms with van der Waals surface area (Å²) in [6.07, 6.45) is 2.61. The summed E-state index contributed by atoms with van der Waals surface area (Å²) in [5, 5.41) is 0. The van der Waals surface area contributed by atoms with Gasteiger partial charge in [-0.2, -0.15) is 0 Å². The molecule has 16 heavy (non-hydrogen) atoms. The molecular weight excluding hydrogens is 312 g/mol. The molecule has 0 saturated heterocycles. The van der Waals surface area contributed by atoms with Gasteiger partial charge in [-0.15, -0.1) is 0 Å². The van der Waals surface area contributed by atoms with Crippen molar-refractivity contribution in [3.8, 4) is 15.6 Å². The first-order valence-corrected chi connectivity index (χ1v) is 8.43. The second-order valence-corrected chi connectivity index (χ2v) is 6.15. The zero-order valence-corrected chi connectivity index (χ0v) is 12.3. The van der Waals surface area contributed by atoms with E-state index < -0.39 is 0 Å². The molecule has 0 aliphatic rings. The summed E-state index contributed by atoms with van der Waals surface area (Å²) in [6.45, 7) is 4.82. The minimum atomic E-state index is -0.0745. The van der Waals surface area contributed by atoms with Crippen LogP contribution < -0.4 is 4.74 Å². The summed E-state index contributed by atoms with van der Waals surface area (Å²) in [6, 6.07) is 8.09. The van der Waals surface area contributed by atoms with Crippen LogP contribution in [0.5, 0.6) is 5.75 Å². The van der Waals surface area contributed by atoms with Gasteiger partial charge in [0.1, 0.15) is 0 Å². The molecule has 0 bridgehead atoms. The van der Waals surface area contributed by atoms with E-state index in [9.17, 15) is 0 Å². The van der Waals surface area contributed by atoms with E-state index in [1.54, 1.807) is 0 Å². The molecule has 0 aromatic heterocycles. The number of hydrogen-bond acceptors (Lipinski definition) is 1. The molecule has 0 radical (unpaired) electrons. The number of benzene rings is 1. The zero-order valence-electron chi connectivity index (χ0n) is 9.95. The fourth-order valence-corrected chi connectivity index (χ4v) is 3.09. The van der Waals surface area contributed by atoms with Gasteiger partial charge in [-0.1, -0.05) is 0 Å². The molecule has 86 valence electrons. The van der Waals surface area contributed by atoms with E-state index >= 15 is 0 Å². The monoisotopic (exact) mass is 332 g/mol. The predicted molar refractivity (Wildman–Crippen MR) is 69.9 cm³/mol. The molecule has 1 aromatic rings. The fourth-order valence-electron chi connectivity index (χ4n) is 1.10. The van der Waals surface area contributed by atoms with Crippen molar-refractivity contribution in [2.45, 2.75) is 31.2 Å². The van der Waals surface area contributed by atoms with Crippen LogP contribution in [0.4, 0.5) is 0 Å². The van der Waals surface area contributed by atoms with Crippen molar-refractivity contribution in [1.29, 1.82) is 0 Å². The van der Waals surface area contributed by atoms with Crippen molar-refractivity contribution in [3.63, 3.8) is 0 Å². The van der Waals surface area contributed by atoms with Crippen LogP contribution in [0, 0.1) is 16.8 Å². The Hall–Kier alpha value is -0.630. The standard InChI is InChI=1S/C14H18OTe/c1-3-4-11-16-12-5-10-15-14-8-6-13(2)7-9-14/h6-9H,3-4,10-11H2,1-2H3. The summed E-state index contributed by atoms with van der Waals surface area (Å²) in [7, 11) is 0. The first-order valence-electron chi connectivity index (χ1n) is 5.62. The van der Waals surface area contributed by atoms with Crippen LogP contribution in [-0.4, -0.2) is 27.5 Å². The van der Waals surface area contributed by atoms with Gasteiger partial charge in [0.2, 0.25) is 0 Å². The third-order valence-corrected chi connectivity index (χ3v) is 4.31. The van der Waals surface area contributed by atoms with E-state index in [2.05, 4.69) is 35.9 Å². The van der Waals surface area contributed by atoms with Crippen LogP contribution in [-0.2, 0) is 0 Å². The molecule has 0 aliphatic heterocycles. The first kappa shape index (κ1) is 13.4. The quantitative estimate of drug-likeness (QED) is 0.458. The van der Waals surface area contributed by atoms with Crippen molar-refractivity contribution >= 4 is 20.9 Å². The Morgan fingerprint density at radius 2 is 2.00 bits per heavy atom. The normalized spacial score (nSPS) is 9.38. The summed E-state index contributed by atoms with van der Waals surface area (Å²) in [5.41, 5.74) is 1.25. The molecule has 0 saturated carbocycles. The number of unbranched alkanes of at least 4 members (excludes halogenated alkanes) is 1. The van der Waals surface area contributed by atoms with Gasteiger partial charge >= 0.3 is 109 Å². The van der Waals surface area contributed by atoms with Gasteiger partial charge in [-0.3, -0.25) is 0 Å². The van der Waals surface area contributed by atoms with Crippen LogP contribution in [0.2, 0.25) is 4.47 Å². The molecule has 0 N–H and O–H groups in total. The summed E-state index contributed by atoms with van der Waals surface area (Å²) in [4.78, 5) is 0. The van der Waals surface area contributed by atoms with E-state index in [-0.39, 0.29) is 20.9 Å². The minimum absolute atomic E-state index is 0.0745. The fraction of sp³-hybridized carbons (Fsp3) is 0.429. The van der Waals surface area contributed by atoms with Gasteiger partial charge < -0.3 is 0 Å². The average molecular weight is 330 g/mol. The molecule has 0 fully saturated rings. The molecule has 0 spiro atoms. The topological polar surface area (TPSA) is 9.23 Å². The Morgan fingerprint density at radius 1 is 1.25 bits per heavy atom. The molecule has 1 nitrogen and oxygen atoms in total. The Morgan fingerprint density at radius 3 is 2.69 bits per heavy atom. The van der Waals surface area contributed by atoms with Gasteiger partial charge in [-0.05, 0) is 0 Å². The van der Waals surface area contributed by atoms with Crippen LogP contribution >= 0.6 is 0 Å². The zero-order chi connectivity index (χ0) is 11.6. The number of hydrogen-bond donors (Lipinski definition) is 0. The number of ether oxygens (including phenoxy) is 1. The van der Waals surface area contributed by atoms with Crippen LogP contribution in [0.25, 0.3) is 0 Å². The maximum atomic E-state index is 5.51. The van der Waals surface area contributed by atoms with Crippen LogP contribution in [0.1, 0.15) is 25.3 Å². The summed E-state index contributed by atoms with van der Waals surface area (Å²) in [5.74, 6) is 4.00. The first-order chi connectivity index (χ1) is 7.83. The van der Waals surface area contributed by atoms with Gasteiger partial charge in [0.05, 0.1) is 0 Å². The second-order valence-electron chi connectivity index (χ2n) is 3.58. The van der Waals surface area contributed by atoms with E-state index in [0.29, 0.717) is 6.61 Å². The van der Waals surface area contributed by atoms with E-state index in [1.165, 1.54) is 22.9 Å². The molecule has 1 rings (SSSR count).